The summed E-state index contributed by atoms with van der Waals surface area (Å²) in [5.74, 6) is 0.313. The van der Waals surface area contributed by atoms with E-state index in [-0.39, 0.29) is 47.2 Å². The van der Waals surface area contributed by atoms with Crippen LogP contribution >= 0.6 is 0 Å². The second-order valence-corrected chi connectivity index (χ2v) is 7.74. The van der Waals surface area contributed by atoms with E-state index in [0.29, 0.717) is 0 Å². The van der Waals surface area contributed by atoms with Gasteiger partial charge in [0.15, 0.2) is 0 Å². The smallest absolute Gasteiger partial charge is 0.418 e. The van der Waals surface area contributed by atoms with Crippen molar-refractivity contribution in [2.24, 2.45) is 0 Å². The van der Waals surface area contributed by atoms with Crippen LogP contribution in [0.1, 0.15) is 25.0 Å². The number of amides is 1. The van der Waals surface area contributed by atoms with E-state index >= 15 is 0 Å². The Labute approximate surface area is 181 Å². The molecule has 32 heavy (non-hydrogen) atoms. The molecule has 3 aromatic rings. The Morgan fingerprint density at radius 1 is 1.19 bits per heavy atom. The van der Waals surface area contributed by atoms with Crippen molar-refractivity contribution in [1.29, 1.82) is 5.26 Å². The molecule has 0 bridgehead atoms. The number of aromatic nitrogens is 3. The van der Waals surface area contributed by atoms with Gasteiger partial charge in [0.2, 0.25) is 0 Å². The monoisotopic (exact) mass is 444 g/mol. The third kappa shape index (κ3) is 3.57. The Bertz CT molecular complexity index is 1230. The number of carbonyl (C=O) groups is 1. The van der Waals surface area contributed by atoms with Crippen LogP contribution in [-0.4, -0.2) is 55.8 Å². The largest absolute Gasteiger partial charge is 0.465 e. The highest BCUT2D eigenvalue weighted by molar-refractivity contribution is 5.95. The van der Waals surface area contributed by atoms with E-state index in [2.05, 4.69) is 9.97 Å². The molecule has 166 valence electrons. The first-order chi connectivity index (χ1) is 15.1. The molecule has 4 rings (SSSR count). The van der Waals surface area contributed by atoms with Crippen LogP contribution in [0.4, 0.5) is 23.8 Å². The van der Waals surface area contributed by atoms with Crippen LogP contribution in [0.25, 0.3) is 16.7 Å². The van der Waals surface area contributed by atoms with Crippen LogP contribution in [0.2, 0.25) is 0 Å². The Hall–Kier alpha value is -3.81. The first-order valence-electron chi connectivity index (χ1n) is 9.81. The number of rotatable bonds is 2. The van der Waals surface area contributed by atoms with Crippen molar-refractivity contribution < 1.29 is 23.1 Å². The molecule has 0 radical (unpaired) electrons. The summed E-state index contributed by atoms with van der Waals surface area (Å²) in [5, 5.41) is 18.5. The van der Waals surface area contributed by atoms with Gasteiger partial charge in [-0.25, -0.2) is 14.8 Å². The quantitative estimate of drug-likeness (QED) is 0.644. The summed E-state index contributed by atoms with van der Waals surface area (Å²) in [4.78, 5) is 22.9. The van der Waals surface area contributed by atoms with Gasteiger partial charge in [0.1, 0.15) is 11.6 Å². The fourth-order valence-electron chi connectivity index (χ4n) is 4.09. The maximum atomic E-state index is 14.1. The lowest BCUT2D eigenvalue weighted by Crippen LogP contribution is -2.58. The van der Waals surface area contributed by atoms with E-state index in [4.69, 9.17) is 5.26 Å². The van der Waals surface area contributed by atoms with Gasteiger partial charge in [0.25, 0.3) is 0 Å². The molecule has 1 fully saturated rings. The van der Waals surface area contributed by atoms with Gasteiger partial charge in [-0.15, -0.1) is 0 Å². The maximum absolute atomic E-state index is 14.1. The highest BCUT2D eigenvalue weighted by Crippen LogP contribution is 2.41. The van der Waals surface area contributed by atoms with Crippen molar-refractivity contribution in [2.45, 2.75) is 32.1 Å². The number of alkyl halides is 3. The van der Waals surface area contributed by atoms with Gasteiger partial charge in [0, 0.05) is 43.8 Å². The lowest BCUT2D eigenvalue weighted by molar-refractivity contribution is -0.136. The zero-order valence-electron chi connectivity index (χ0n) is 17.2. The summed E-state index contributed by atoms with van der Waals surface area (Å²) < 4.78 is 43.5. The molecule has 1 saturated heterocycles. The number of anilines is 1. The molecule has 0 aromatic carbocycles. The van der Waals surface area contributed by atoms with Gasteiger partial charge in [-0.1, -0.05) is 0 Å². The summed E-state index contributed by atoms with van der Waals surface area (Å²) in [6.45, 7) is 3.80. The number of carboxylic acid groups (broad SMARTS) is 1. The van der Waals surface area contributed by atoms with Gasteiger partial charge in [-0.2, -0.15) is 18.4 Å². The Morgan fingerprint density at radius 2 is 1.91 bits per heavy atom. The van der Waals surface area contributed by atoms with Crippen molar-refractivity contribution in [3.63, 3.8) is 0 Å². The number of piperazine rings is 1. The summed E-state index contributed by atoms with van der Waals surface area (Å²) >= 11 is 0. The maximum Gasteiger partial charge on any atom is 0.418 e. The third-order valence-corrected chi connectivity index (χ3v) is 5.63. The first kappa shape index (κ1) is 21.4. The van der Waals surface area contributed by atoms with Crippen molar-refractivity contribution in [3.8, 4) is 11.9 Å². The molecule has 2 atom stereocenters. The number of nitriles is 1. The second kappa shape index (κ2) is 7.71. The van der Waals surface area contributed by atoms with E-state index in [1.165, 1.54) is 40.1 Å². The lowest BCUT2D eigenvalue weighted by atomic mass is 10.1. The number of nitrogens with zero attached hydrogens (tertiary/aromatic N) is 6. The van der Waals surface area contributed by atoms with Gasteiger partial charge in [-0.3, -0.25) is 0 Å². The molecular formula is C21H19F3N6O2. The Balaban J connectivity index is 1.91. The normalized spacial score (nSPS) is 19.2. The molecule has 1 amide bonds. The Morgan fingerprint density at radius 3 is 2.56 bits per heavy atom. The average Bonchev–Trinajstić information content (AvgIpc) is 3.15. The zero-order valence-corrected chi connectivity index (χ0v) is 17.2. The predicted octanol–water partition coefficient (Wildman–Crippen LogP) is 3.89. The van der Waals surface area contributed by atoms with Crippen LogP contribution in [0.15, 0.2) is 36.8 Å². The zero-order chi connectivity index (χ0) is 23.2. The minimum absolute atomic E-state index is 0.0908. The molecule has 1 N–H and O–H groups in total. The van der Waals surface area contributed by atoms with E-state index in [9.17, 15) is 23.1 Å². The molecule has 11 heteroatoms. The summed E-state index contributed by atoms with van der Waals surface area (Å²) in [6.07, 6.45) is -1.99. The molecule has 0 aliphatic carbocycles. The number of hydrogen-bond donors (Lipinski definition) is 1. The van der Waals surface area contributed by atoms with Crippen LogP contribution in [0, 0.1) is 11.3 Å². The van der Waals surface area contributed by atoms with Crippen molar-refractivity contribution in [3.05, 3.63) is 47.9 Å². The molecule has 0 spiro atoms. The molecule has 1 aliphatic rings. The Kier molecular flexibility index (Phi) is 5.16. The number of fused-ring (bicyclic) bond motifs is 1. The van der Waals surface area contributed by atoms with E-state index in [1.54, 1.807) is 18.7 Å². The molecular weight excluding hydrogens is 425 g/mol. The molecule has 8 nitrogen and oxygen atoms in total. The highest BCUT2D eigenvalue weighted by Gasteiger charge is 2.39. The predicted molar refractivity (Wildman–Crippen MR) is 110 cm³/mol. The highest BCUT2D eigenvalue weighted by atomic mass is 19.4. The number of pyridine rings is 2. The molecule has 0 saturated carbocycles. The van der Waals surface area contributed by atoms with Gasteiger partial charge in [0.05, 0.1) is 28.1 Å². The minimum atomic E-state index is -4.66. The topological polar surface area (TPSA) is 98.3 Å². The molecule has 3 aromatic heterocycles. The van der Waals surface area contributed by atoms with Gasteiger partial charge < -0.3 is 19.5 Å². The van der Waals surface area contributed by atoms with Crippen LogP contribution in [0.3, 0.4) is 0 Å². The van der Waals surface area contributed by atoms with E-state index < -0.39 is 23.9 Å². The van der Waals surface area contributed by atoms with Crippen LogP contribution in [0.5, 0.6) is 0 Å². The summed E-state index contributed by atoms with van der Waals surface area (Å²) in [7, 11) is 0. The molecule has 1 unspecified atom stereocenters. The van der Waals surface area contributed by atoms with E-state index in [0.717, 1.165) is 6.20 Å². The fourth-order valence-corrected chi connectivity index (χ4v) is 4.09. The molecule has 4 heterocycles. The number of halogens is 3. The molecule has 1 aliphatic heterocycles. The SMILES string of the molecule is CC1CN(C(=O)O)[C@@H](C)CN1c1nccc2c1c(C(F)(F)F)cn2-c1cc(C#N)ccn1. The standard InChI is InChI=1S/C21H19F3N6O2/c1-12-10-29(20(31)32)13(2)9-28(12)19-18-15(21(22,23)24)11-30(16(18)4-6-27-19)17-7-14(8-25)3-5-26-17/h3-7,11-13H,9-10H2,1-2H3,(H,31,32)/t12?,13-/m0/s1. The van der Waals surface area contributed by atoms with Crippen LogP contribution < -0.4 is 4.90 Å². The van der Waals surface area contributed by atoms with E-state index in [1.807, 2.05) is 6.07 Å². The number of hydrogen-bond acceptors (Lipinski definition) is 5. The van der Waals surface area contributed by atoms with Crippen molar-refractivity contribution >= 4 is 22.8 Å². The second-order valence-electron chi connectivity index (χ2n) is 7.74. The summed E-state index contributed by atoms with van der Waals surface area (Å²) in [6, 6.07) is 5.50. The average molecular weight is 444 g/mol. The van der Waals surface area contributed by atoms with Crippen molar-refractivity contribution in [1.82, 2.24) is 19.4 Å². The van der Waals surface area contributed by atoms with Gasteiger partial charge >= 0.3 is 12.3 Å². The fraction of sp³-hybridized carbons (Fsp3) is 0.333. The minimum Gasteiger partial charge on any atom is -0.465 e. The third-order valence-electron chi connectivity index (χ3n) is 5.63. The van der Waals surface area contributed by atoms with Gasteiger partial charge in [-0.05, 0) is 32.0 Å². The van der Waals surface area contributed by atoms with Crippen molar-refractivity contribution in [2.75, 3.05) is 18.0 Å². The van der Waals surface area contributed by atoms with Crippen LogP contribution in [-0.2, 0) is 6.18 Å². The lowest BCUT2D eigenvalue weighted by Gasteiger charge is -2.43. The summed E-state index contributed by atoms with van der Waals surface area (Å²) in [5.41, 5.74) is -0.363. The first-order valence-corrected chi connectivity index (χ1v) is 9.81.